The summed E-state index contributed by atoms with van der Waals surface area (Å²) in [6.45, 7) is 9.73. The fourth-order valence-electron chi connectivity index (χ4n) is 2.92. The van der Waals surface area contributed by atoms with Crippen LogP contribution in [0.3, 0.4) is 0 Å². The van der Waals surface area contributed by atoms with Gasteiger partial charge in [0, 0.05) is 29.8 Å². The summed E-state index contributed by atoms with van der Waals surface area (Å²) in [5.74, 6) is 0.269. The van der Waals surface area contributed by atoms with Crippen molar-refractivity contribution in [2.24, 2.45) is 0 Å². The van der Waals surface area contributed by atoms with E-state index in [1.807, 2.05) is 82.3 Å². The van der Waals surface area contributed by atoms with E-state index in [2.05, 4.69) is 0 Å². The molecule has 0 amide bonds. The number of hydrogen-bond donors (Lipinski definition) is 4. The first kappa shape index (κ1) is 23.9. The van der Waals surface area contributed by atoms with Gasteiger partial charge in [-0.15, -0.1) is 0 Å². The van der Waals surface area contributed by atoms with Gasteiger partial charge < -0.3 is 21.7 Å². The summed E-state index contributed by atoms with van der Waals surface area (Å²) in [5.41, 5.74) is 17.0. The average Bonchev–Trinajstić information content (AvgIpc) is 2.76. The maximum atomic E-state index is 10.4. The van der Waals surface area contributed by atoms with Gasteiger partial charge in [-0.05, 0) is 59.5 Å². The normalized spacial score (nSPS) is 9.69. The lowest BCUT2D eigenvalue weighted by Gasteiger charge is -2.14. The van der Waals surface area contributed by atoms with Crippen molar-refractivity contribution in [2.75, 3.05) is 11.5 Å². The van der Waals surface area contributed by atoms with Gasteiger partial charge >= 0.3 is 0 Å². The highest BCUT2D eigenvalue weighted by atomic mass is 16.3. The molecule has 0 bridgehead atoms. The Kier molecular flexibility index (Phi) is 9.60. The van der Waals surface area contributed by atoms with Crippen molar-refractivity contribution in [3.05, 3.63) is 82.4 Å². The third-order valence-electron chi connectivity index (χ3n) is 4.42. The van der Waals surface area contributed by atoms with Crippen molar-refractivity contribution in [1.29, 1.82) is 0 Å². The van der Waals surface area contributed by atoms with Crippen LogP contribution >= 0.6 is 0 Å². The Morgan fingerprint density at radius 1 is 0.621 bits per heavy atom. The van der Waals surface area contributed by atoms with Crippen LogP contribution in [0.1, 0.15) is 55.5 Å². The lowest BCUT2D eigenvalue weighted by molar-refractivity contribution is 0.436. The van der Waals surface area contributed by atoms with Gasteiger partial charge in [0.05, 0.1) is 0 Å². The number of nitrogen functional groups attached to an aromatic ring is 2. The fraction of sp³-hybridized carbons (Fsp3) is 0.280. The van der Waals surface area contributed by atoms with Gasteiger partial charge in [-0.1, -0.05) is 52.0 Å². The fourth-order valence-corrected chi connectivity index (χ4v) is 2.92. The van der Waals surface area contributed by atoms with Gasteiger partial charge in [0.1, 0.15) is 11.5 Å². The summed E-state index contributed by atoms with van der Waals surface area (Å²) in [4.78, 5) is 0. The molecule has 0 fully saturated rings. The smallest absolute Gasteiger partial charge is 0.125 e. The third kappa shape index (κ3) is 6.46. The molecule has 0 radical (unpaired) electrons. The molecule has 0 aliphatic heterocycles. The third-order valence-corrected chi connectivity index (χ3v) is 4.42. The van der Waals surface area contributed by atoms with E-state index in [-0.39, 0.29) is 11.5 Å². The Labute approximate surface area is 174 Å². The molecule has 3 aromatic rings. The average molecular weight is 395 g/mol. The van der Waals surface area contributed by atoms with Gasteiger partial charge in [-0.2, -0.15) is 0 Å². The highest BCUT2D eigenvalue weighted by molar-refractivity contribution is 5.55. The van der Waals surface area contributed by atoms with Crippen molar-refractivity contribution in [1.82, 2.24) is 0 Å². The zero-order chi connectivity index (χ0) is 22.0. The molecule has 0 spiro atoms. The number of benzene rings is 3. The lowest BCUT2D eigenvalue weighted by atomic mass is 9.94. The molecule has 156 valence electrons. The maximum absolute atomic E-state index is 10.4. The van der Waals surface area contributed by atoms with Crippen LogP contribution < -0.4 is 11.5 Å². The number of aromatic hydroxyl groups is 2. The predicted molar refractivity (Wildman–Crippen MR) is 125 cm³/mol. The summed E-state index contributed by atoms with van der Waals surface area (Å²) in [6.07, 6.45) is 1.14. The van der Waals surface area contributed by atoms with Crippen LogP contribution in [0.15, 0.2) is 54.6 Å². The van der Waals surface area contributed by atoms with Crippen LogP contribution in [-0.4, -0.2) is 10.2 Å². The highest BCUT2D eigenvalue weighted by Gasteiger charge is 2.15. The minimum Gasteiger partial charge on any atom is -0.507 e. The molecule has 6 N–H and O–H groups in total. The van der Waals surface area contributed by atoms with E-state index in [1.165, 1.54) is 0 Å². The van der Waals surface area contributed by atoms with Crippen LogP contribution in [0.25, 0.3) is 0 Å². The first-order valence-electron chi connectivity index (χ1n) is 10.2. The second-order valence-electron chi connectivity index (χ2n) is 6.35. The number of anilines is 2. The zero-order valence-electron chi connectivity index (χ0n) is 18.2. The molecule has 0 aliphatic rings. The molecule has 0 aliphatic carbocycles. The number of hydrogen-bond acceptors (Lipinski definition) is 4. The molecular weight excluding hydrogens is 360 g/mol. The second-order valence-corrected chi connectivity index (χ2v) is 6.35. The first-order valence-corrected chi connectivity index (χ1v) is 10.2. The van der Waals surface area contributed by atoms with Crippen LogP contribution in [0, 0.1) is 6.92 Å². The number of rotatable bonds is 4. The maximum Gasteiger partial charge on any atom is 0.125 e. The Hall–Kier alpha value is -3.14. The molecule has 0 atom stereocenters. The summed E-state index contributed by atoms with van der Waals surface area (Å²) < 4.78 is 0. The molecule has 3 rings (SSSR count). The molecule has 0 saturated heterocycles. The Balaban J connectivity index is 0.000000989. The topological polar surface area (TPSA) is 92.5 Å². The molecule has 0 unspecified atom stereocenters. The molecule has 3 aromatic carbocycles. The van der Waals surface area contributed by atoms with Gasteiger partial charge in [0.2, 0.25) is 0 Å². The standard InChI is InChI=1S/C21H22N2O2.2C2H6/c1-13-20(24)16(10-14-2-6-18(22)7-3-14)12-17(21(13)25)11-15-4-8-19(23)9-5-15;2*1-2/h2-9,12,24-25H,10-11,22-23H2,1H3;2*1-2H3. The molecule has 0 heterocycles. The summed E-state index contributed by atoms with van der Waals surface area (Å²) in [6, 6.07) is 17.0. The SMILES string of the molecule is CC.CC.Cc1c(O)c(Cc2ccc(N)cc2)cc(Cc2ccc(N)cc2)c1O. The van der Waals surface area contributed by atoms with Gasteiger partial charge in [-0.25, -0.2) is 0 Å². The van der Waals surface area contributed by atoms with Crippen molar-refractivity contribution in [3.63, 3.8) is 0 Å². The monoisotopic (exact) mass is 394 g/mol. The molecular formula is C25H34N2O2. The van der Waals surface area contributed by atoms with Crippen molar-refractivity contribution >= 4 is 11.4 Å². The van der Waals surface area contributed by atoms with Crippen molar-refractivity contribution < 1.29 is 10.2 Å². The molecule has 29 heavy (non-hydrogen) atoms. The van der Waals surface area contributed by atoms with E-state index in [1.54, 1.807) is 6.92 Å². The van der Waals surface area contributed by atoms with Crippen LogP contribution in [-0.2, 0) is 12.8 Å². The number of phenolic OH excluding ortho intramolecular Hbond substituents is 2. The van der Waals surface area contributed by atoms with Crippen molar-refractivity contribution in [2.45, 2.75) is 47.5 Å². The molecule has 0 aromatic heterocycles. The van der Waals surface area contributed by atoms with Crippen LogP contribution in [0.2, 0.25) is 0 Å². The summed E-state index contributed by atoms with van der Waals surface area (Å²) in [5, 5.41) is 20.8. The Morgan fingerprint density at radius 3 is 1.24 bits per heavy atom. The van der Waals surface area contributed by atoms with Gasteiger partial charge in [0.15, 0.2) is 0 Å². The van der Waals surface area contributed by atoms with Gasteiger partial charge in [0.25, 0.3) is 0 Å². The minimum absolute atomic E-state index is 0.135. The highest BCUT2D eigenvalue weighted by Crippen LogP contribution is 2.35. The van der Waals surface area contributed by atoms with Crippen molar-refractivity contribution in [3.8, 4) is 11.5 Å². The van der Waals surface area contributed by atoms with E-state index in [0.717, 1.165) is 22.3 Å². The van der Waals surface area contributed by atoms with Crippen LogP contribution in [0.5, 0.6) is 11.5 Å². The number of phenols is 2. The minimum atomic E-state index is 0.135. The van der Waals surface area contributed by atoms with Gasteiger partial charge in [-0.3, -0.25) is 0 Å². The van der Waals surface area contributed by atoms with E-state index < -0.39 is 0 Å². The summed E-state index contributed by atoms with van der Waals surface area (Å²) in [7, 11) is 0. The first-order chi connectivity index (χ1) is 13.9. The largest absolute Gasteiger partial charge is 0.507 e. The summed E-state index contributed by atoms with van der Waals surface area (Å²) >= 11 is 0. The second kappa shape index (κ2) is 11.6. The zero-order valence-corrected chi connectivity index (χ0v) is 18.2. The van der Waals surface area contributed by atoms with E-state index in [9.17, 15) is 10.2 Å². The van der Waals surface area contributed by atoms with Crippen LogP contribution in [0.4, 0.5) is 11.4 Å². The quantitative estimate of drug-likeness (QED) is 0.420. The molecule has 4 heteroatoms. The number of nitrogens with two attached hydrogens (primary N) is 2. The molecule has 4 nitrogen and oxygen atoms in total. The Bertz CT molecular complexity index is 814. The predicted octanol–water partition coefficient (Wildman–Crippen LogP) is 5.80. The Morgan fingerprint density at radius 2 is 0.931 bits per heavy atom. The van der Waals surface area contributed by atoms with E-state index in [0.29, 0.717) is 29.8 Å². The van der Waals surface area contributed by atoms with E-state index in [4.69, 9.17) is 11.5 Å². The molecule has 0 saturated carbocycles. The lowest BCUT2D eigenvalue weighted by Crippen LogP contribution is -1.97. The van der Waals surface area contributed by atoms with E-state index >= 15 is 0 Å².